The summed E-state index contributed by atoms with van der Waals surface area (Å²) in [5.74, 6) is -4.84. The molecule has 0 unspecified atom stereocenters. The van der Waals surface area contributed by atoms with Crippen LogP contribution < -0.4 is 19.5 Å². The second-order valence-electron chi connectivity index (χ2n) is 14.0. The first-order valence-electron chi connectivity index (χ1n) is 18.6. The van der Waals surface area contributed by atoms with E-state index in [0.29, 0.717) is 24.3 Å². The molecular weight excluding hydrogens is 873 g/mol. The van der Waals surface area contributed by atoms with Gasteiger partial charge in [-0.2, -0.15) is 26.3 Å². The van der Waals surface area contributed by atoms with E-state index < -0.39 is 90.9 Å². The molecule has 0 atom stereocenters. The van der Waals surface area contributed by atoms with Gasteiger partial charge in [0.15, 0.2) is 5.78 Å². The van der Waals surface area contributed by atoms with Gasteiger partial charge in [0.05, 0.1) is 33.7 Å². The normalized spacial score (nSPS) is 11.9. The molecule has 64 heavy (non-hydrogen) atoms. The van der Waals surface area contributed by atoms with E-state index in [1.54, 1.807) is 19.1 Å². The highest BCUT2D eigenvalue weighted by Gasteiger charge is 2.72. The number of ether oxygens (including phenoxy) is 3. The molecule has 0 aliphatic heterocycles. The molecule has 6 aromatic rings. The Morgan fingerprint density at radius 1 is 0.672 bits per heavy atom. The molecule has 0 aliphatic rings. The van der Waals surface area contributed by atoms with Crippen molar-refractivity contribution in [1.82, 2.24) is 0 Å². The zero-order valence-electron chi connectivity index (χ0n) is 33.3. The van der Waals surface area contributed by atoms with Crippen LogP contribution >= 0.6 is 0 Å². The monoisotopic (exact) mass is 905 g/mol. The molecule has 1 amide bonds. The summed E-state index contributed by atoms with van der Waals surface area (Å²) in [6, 6.07) is 24.1. The predicted octanol–water partition coefficient (Wildman–Crippen LogP) is 9.95. The average Bonchev–Trinajstić information content (AvgIpc) is 3.24. The number of amides is 1. The number of anilines is 1. The van der Waals surface area contributed by atoms with E-state index in [9.17, 15) is 32.7 Å². The van der Waals surface area contributed by atoms with Crippen LogP contribution in [0.1, 0.15) is 53.3 Å². The van der Waals surface area contributed by atoms with E-state index in [2.05, 4.69) is 5.32 Å². The minimum atomic E-state index is -6.19. The molecule has 0 aliphatic carbocycles. The average molecular weight is 906 g/mol. The zero-order valence-corrected chi connectivity index (χ0v) is 34.1. The van der Waals surface area contributed by atoms with Crippen molar-refractivity contribution < 1.29 is 73.3 Å². The number of carboxylic acids is 1. The largest absolute Gasteiger partial charge is 0.495 e. The summed E-state index contributed by atoms with van der Waals surface area (Å²) in [5, 5.41) is 12.0. The number of Topliss-reactive ketones (excluding diaryl/α,β-unsaturated/α-hetero) is 1. The maximum Gasteiger partial charge on any atom is 0.411 e. The molecule has 0 saturated carbocycles. The number of rotatable bonds is 15. The van der Waals surface area contributed by atoms with Crippen LogP contribution in [0.25, 0.3) is 0 Å². The van der Waals surface area contributed by atoms with Gasteiger partial charge in [-0.15, -0.1) is 0 Å². The summed E-state index contributed by atoms with van der Waals surface area (Å²) in [5.41, 5.74) is -9.39. The highest BCUT2D eigenvalue weighted by molar-refractivity contribution is 7.91. The fourth-order valence-electron chi connectivity index (χ4n) is 6.92. The number of aryl methyl sites for hydroxylation is 1. The molecule has 18 heteroatoms. The van der Waals surface area contributed by atoms with Crippen LogP contribution in [-0.4, -0.2) is 57.1 Å². The first kappa shape index (κ1) is 46.0. The highest BCUT2D eigenvalue weighted by atomic mass is 32.2. The number of carbonyl (C=O) groups excluding carboxylic acids is 3. The van der Waals surface area contributed by atoms with Crippen molar-refractivity contribution in [3.63, 3.8) is 0 Å². The van der Waals surface area contributed by atoms with Gasteiger partial charge < -0.3 is 24.6 Å². The van der Waals surface area contributed by atoms with Crippen molar-refractivity contribution in [2.45, 2.75) is 40.9 Å². The number of carboxylic acid groups (broad SMARTS) is 1. The van der Waals surface area contributed by atoms with E-state index in [4.69, 9.17) is 14.2 Å². The Balaban J connectivity index is 1.50. The molecule has 2 N–H and O–H groups in total. The Labute approximate surface area is 360 Å². The molecule has 0 bridgehead atoms. The Kier molecular flexibility index (Phi) is 13.0. The molecule has 330 valence electrons. The first-order valence-corrected chi connectivity index (χ1v) is 20.1. The number of hydrogen-bond acceptors (Lipinski definition) is 9. The summed E-state index contributed by atoms with van der Waals surface area (Å²) in [4.78, 5) is 49.9. The molecule has 0 spiro atoms. The summed E-state index contributed by atoms with van der Waals surface area (Å²) >= 11 is 0. The zero-order chi connectivity index (χ0) is 46.6. The lowest BCUT2D eigenvalue weighted by molar-refractivity contribution is -0.288. The number of halogens is 6. The smallest absolute Gasteiger partial charge is 0.411 e. The molecule has 0 radical (unpaired) electrons. The lowest BCUT2D eigenvalue weighted by atomic mass is 9.72. The second kappa shape index (κ2) is 18.1. The van der Waals surface area contributed by atoms with Crippen LogP contribution in [0.5, 0.6) is 23.0 Å². The third-order valence-corrected chi connectivity index (χ3v) is 11.8. The molecule has 6 aromatic carbocycles. The fourth-order valence-corrected chi connectivity index (χ4v) is 8.18. The van der Waals surface area contributed by atoms with Crippen LogP contribution in [0.2, 0.25) is 0 Å². The lowest BCUT2D eigenvalue weighted by Gasteiger charge is -2.39. The molecule has 0 saturated heterocycles. The van der Waals surface area contributed by atoms with Gasteiger partial charge in [0.25, 0.3) is 12.4 Å². The highest BCUT2D eigenvalue weighted by Crippen LogP contribution is 2.57. The molecule has 6 rings (SSSR count). The third kappa shape index (κ3) is 9.03. The number of benzene rings is 6. The second-order valence-corrected chi connectivity index (χ2v) is 15.9. The Bertz CT molecular complexity index is 2850. The molecule has 0 heterocycles. The van der Waals surface area contributed by atoms with Crippen LogP contribution in [-0.2, 0) is 26.5 Å². The summed E-state index contributed by atoms with van der Waals surface area (Å²) in [7, 11) is -2.98. The van der Waals surface area contributed by atoms with Crippen LogP contribution in [0.3, 0.4) is 0 Å². The van der Waals surface area contributed by atoms with E-state index in [-0.39, 0.29) is 39.1 Å². The van der Waals surface area contributed by atoms with Gasteiger partial charge in [-0.05, 0) is 90.8 Å². The summed E-state index contributed by atoms with van der Waals surface area (Å²) < 4.78 is 136. The van der Waals surface area contributed by atoms with Crippen LogP contribution in [0.4, 0.5) is 32.0 Å². The predicted molar refractivity (Wildman–Crippen MR) is 218 cm³/mol. The first-order chi connectivity index (χ1) is 30.2. The van der Waals surface area contributed by atoms with Crippen molar-refractivity contribution in [3.05, 3.63) is 172 Å². The van der Waals surface area contributed by atoms with E-state index >= 15 is 26.3 Å². The Hall–Kier alpha value is -7.47. The number of para-hydroxylation sites is 1. The van der Waals surface area contributed by atoms with Crippen LogP contribution in [0.15, 0.2) is 143 Å². The maximum atomic E-state index is 15.6. The Morgan fingerprint density at radius 2 is 1.20 bits per heavy atom. The van der Waals surface area contributed by atoms with Gasteiger partial charge in [-0.3, -0.25) is 14.4 Å². The Morgan fingerprint density at radius 3 is 1.77 bits per heavy atom. The number of carbonyl (C=O) groups is 4. The standard InChI is InChI=1S/C46H33F6NO10S/c1-27-11-17-32(18-12-27)64(59,60)33-19-15-31(16-20-33)63-39-21-13-29(23-28(39)24-38(55)34-7-3-4-8-35(34)43(57)58)44(45(47,48)49,46(50,51)52)30-14-22-41(61-2)37(25-30)53-42(56)36-9-5-6-10-40(36)62-26-54/h3-23,25-26H,24H2,1-2H3,(H,53,56)(H,57,58). The fraction of sp³-hybridized carbons (Fsp3) is 0.130. The van der Waals surface area contributed by atoms with Gasteiger partial charge in [0, 0.05) is 17.5 Å². The quantitative estimate of drug-likeness (QED) is 0.0576. The van der Waals surface area contributed by atoms with E-state index in [1.165, 1.54) is 72.8 Å². The number of hydrogen-bond donors (Lipinski definition) is 2. The van der Waals surface area contributed by atoms with Gasteiger partial charge >= 0.3 is 18.3 Å². The van der Waals surface area contributed by atoms with Gasteiger partial charge in [-0.1, -0.05) is 66.2 Å². The van der Waals surface area contributed by atoms with Crippen molar-refractivity contribution in [2.24, 2.45) is 0 Å². The minimum Gasteiger partial charge on any atom is -0.495 e. The van der Waals surface area contributed by atoms with Crippen molar-refractivity contribution in [2.75, 3.05) is 12.4 Å². The third-order valence-electron chi connectivity index (χ3n) is 10.0. The van der Waals surface area contributed by atoms with Gasteiger partial charge in [-0.25, -0.2) is 13.2 Å². The van der Waals surface area contributed by atoms with Gasteiger partial charge in [0.1, 0.15) is 23.0 Å². The number of ketones is 1. The summed E-state index contributed by atoms with van der Waals surface area (Å²) in [6.07, 6.45) is -13.4. The van der Waals surface area contributed by atoms with E-state index in [0.717, 1.165) is 36.9 Å². The van der Waals surface area contributed by atoms with Crippen molar-refractivity contribution in [3.8, 4) is 23.0 Å². The molecule has 0 fully saturated rings. The molecular formula is C46H33F6NO10S. The lowest BCUT2D eigenvalue weighted by Crippen LogP contribution is -2.54. The number of aromatic carboxylic acids is 1. The molecule has 0 aromatic heterocycles. The SMILES string of the molecule is COc1ccc(C(c2ccc(Oc3ccc(S(=O)(=O)c4ccc(C)cc4)cc3)c(CC(=O)c3ccccc3C(=O)O)c2)(C(F)(F)F)C(F)(F)F)cc1NC(=O)c1ccccc1OC=O. The van der Waals surface area contributed by atoms with Crippen LogP contribution in [0, 0.1) is 6.92 Å². The number of methoxy groups -OCH3 is 1. The number of nitrogens with one attached hydrogen (secondary N) is 1. The maximum absolute atomic E-state index is 15.6. The molecule has 11 nitrogen and oxygen atoms in total. The number of sulfone groups is 1. The topological polar surface area (TPSA) is 162 Å². The van der Waals surface area contributed by atoms with E-state index in [1.807, 2.05) is 0 Å². The van der Waals surface area contributed by atoms with Crippen molar-refractivity contribution >= 4 is 39.7 Å². The van der Waals surface area contributed by atoms with Gasteiger partial charge in [0.2, 0.25) is 15.3 Å². The number of alkyl halides is 6. The minimum absolute atomic E-state index is 0.00734. The summed E-state index contributed by atoms with van der Waals surface area (Å²) in [6.45, 7) is 1.77. The van der Waals surface area contributed by atoms with Crippen molar-refractivity contribution in [1.29, 1.82) is 0 Å².